The van der Waals surface area contributed by atoms with Crippen LogP contribution in [0.3, 0.4) is 0 Å². The minimum Gasteiger partial charge on any atom is -0.490 e. The molecule has 1 aromatic heterocycles. The number of fused-ring (bicyclic) bond motifs is 1. The largest absolute Gasteiger partial charge is 0.490 e. The van der Waals surface area contributed by atoms with Crippen molar-refractivity contribution < 1.29 is 9.47 Å². The van der Waals surface area contributed by atoms with Crippen molar-refractivity contribution in [2.24, 2.45) is 5.10 Å². The smallest absolute Gasteiger partial charge is 0.224 e. The van der Waals surface area contributed by atoms with Crippen LogP contribution < -0.4 is 14.9 Å². The van der Waals surface area contributed by atoms with E-state index >= 15 is 0 Å². The van der Waals surface area contributed by atoms with E-state index < -0.39 is 0 Å². The van der Waals surface area contributed by atoms with Gasteiger partial charge < -0.3 is 14.0 Å². The Kier molecular flexibility index (Phi) is 7.67. The number of nitrogens with one attached hydrogen (secondary N) is 1. The Balaban J connectivity index is 1.52. The van der Waals surface area contributed by atoms with Crippen LogP contribution >= 0.6 is 31.9 Å². The maximum absolute atomic E-state index is 6.08. The molecule has 0 radical (unpaired) electrons. The molecule has 0 spiro atoms. The highest BCUT2D eigenvalue weighted by Crippen LogP contribution is 2.37. The van der Waals surface area contributed by atoms with E-state index in [4.69, 9.17) is 9.47 Å². The van der Waals surface area contributed by atoms with E-state index in [1.165, 1.54) is 0 Å². The topological polar surface area (TPSA) is 60.7 Å². The summed E-state index contributed by atoms with van der Waals surface area (Å²) in [7, 11) is 0. The maximum atomic E-state index is 6.08. The average molecular weight is 572 g/mol. The molecule has 0 atom stereocenters. The Labute approximate surface area is 209 Å². The van der Waals surface area contributed by atoms with Crippen LogP contribution in [0.4, 0.5) is 5.95 Å². The van der Waals surface area contributed by atoms with Crippen LogP contribution in [0.2, 0.25) is 0 Å². The zero-order valence-electron chi connectivity index (χ0n) is 18.4. The zero-order chi connectivity index (χ0) is 23.2. The number of para-hydroxylation sites is 2. The highest BCUT2D eigenvalue weighted by atomic mass is 79.9. The van der Waals surface area contributed by atoms with E-state index in [1.807, 2.05) is 61.5 Å². The second-order valence-electron chi connectivity index (χ2n) is 7.22. The van der Waals surface area contributed by atoms with Crippen LogP contribution in [-0.4, -0.2) is 22.4 Å². The molecule has 4 aromatic rings. The molecule has 0 aliphatic heterocycles. The quantitative estimate of drug-likeness (QED) is 0.173. The Morgan fingerprint density at radius 2 is 1.82 bits per heavy atom. The van der Waals surface area contributed by atoms with Crippen molar-refractivity contribution in [1.82, 2.24) is 9.55 Å². The third-order valence-corrected chi connectivity index (χ3v) is 6.09. The number of ether oxygens (including phenoxy) is 2. The summed E-state index contributed by atoms with van der Waals surface area (Å²) in [4.78, 5) is 4.63. The molecule has 0 fully saturated rings. The first-order chi connectivity index (χ1) is 16.1. The molecule has 4 rings (SSSR count). The molecule has 0 unspecified atom stereocenters. The van der Waals surface area contributed by atoms with E-state index in [-0.39, 0.29) is 0 Å². The Morgan fingerprint density at radius 1 is 1.03 bits per heavy atom. The third kappa shape index (κ3) is 5.57. The monoisotopic (exact) mass is 570 g/mol. The lowest BCUT2D eigenvalue weighted by Gasteiger charge is -2.15. The summed E-state index contributed by atoms with van der Waals surface area (Å²) in [5, 5.41) is 4.41. The number of rotatable bonds is 9. The molecule has 0 aliphatic rings. The van der Waals surface area contributed by atoms with E-state index in [0.717, 1.165) is 37.7 Å². The number of aryl methyl sites for hydroxylation is 1. The van der Waals surface area contributed by atoms with Gasteiger partial charge in [-0.15, -0.1) is 0 Å². The zero-order valence-corrected chi connectivity index (χ0v) is 21.6. The van der Waals surface area contributed by atoms with Gasteiger partial charge in [-0.25, -0.2) is 10.4 Å². The number of anilines is 1. The van der Waals surface area contributed by atoms with Crippen molar-refractivity contribution >= 4 is 55.1 Å². The van der Waals surface area contributed by atoms with Gasteiger partial charge in [0.1, 0.15) is 6.61 Å². The first-order valence-electron chi connectivity index (χ1n) is 10.7. The van der Waals surface area contributed by atoms with Gasteiger partial charge >= 0.3 is 0 Å². The molecule has 8 heteroatoms. The summed E-state index contributed by atoms with van der Waals surface area (Å²) in [6, 6.07) is 19.9. The molecule has 6 nitrogen and oxygen atoms in total. The summed E-state index contributed by atoms with van der Waals surface area (Å²) in [6.07, 6.45) is 1.74. The Hall–Kier alpha value is -2.84. The first kappa shape index (κ1) is 23.3. The number of hydrogen-bond donors (Lipinski definition) is 1. The molecule has 33 heavy (non-hydrogen) atoms. The molecule has 1 N–H and O–H groups in total. The summed E-state index contributed by atoms with van der Waals surface area (Å²) in [6.45, 7) is 5.79. The van der Waals surface area contributed by atoms with Crippen LogP contribution in [0.25, 0.3) is 11.0 Å². The van der Waals surface area contributed by atoms with Gasteiger partial charge in [0.05, 0.1) is 28.3 Å². The highest BCUT2D eigenvalue weighted by molar-refractivity contribution is 9.10. The molecule has 0 saturated heterocycles. The van der Waals surface area contributed by atoms with Gasteiger partial charge in [-0.1, -0.05) is 40.2 Å². The van der Waals surface area contributed by atoms with Crippen molar-refractivity contribution in [2.45, 2.75) is 27.0 Å². The second-order valence-corrected chi connectivity index (χ2v) is 8.99. The highest BCUT2D eigenvalue weighted by Gasteiger charge is 2.13. The van der Waals surface area contributed by atoms with Gasteiger partial charge in [0.2, 0.25) is 5.95 Å². The predicted octanol–water partition coefficient (Wildman–Crippen LogP) is 7.00. The van der Waals surface area contributed by atoms with E-state index in [2.05, 4.69) is 64.9 Å². The van der Waals surface area contributed by atoms with Crippen molar-refractivity contribution in [3.8, 4) is 11.5 Å². The van der Waals surface area contributed by atoms with E-state index in [1.54, 1.807) is 6.21 Å². The minimum absolute atomic E-state index is 0.439. The lowest BCUT2D eigenvalue weighted by molar-refractivity contribution is 0.267. The SMILES string of the molecule is CCOc1cc(/C=N\Nc2nc3ccccc3n2CC)cc(Br)c1OCc1ccc(Br)cc1. The molecule has 3 aromatic carbocycles. The molecule has 0 bridgehead atoms. The predicted molar refractivity (Wildman–Crippen MR) is 140 cm³/mol. The van der Waals surface area contributed by atoms with Crippen LogP contribution in [0.15, 0.2) is 74.7 Å². The summed E-state index contributed by atoms with van der Waals surface area (Å²) in [5.41, 5.74) is 7.02. The fraction of sp³-hybridized carbons (Fsp3) is 0.200. The summed E-state index contributed by atoms with van der Waals surface area (Å²) >= 11 is 7.08. The first-order valence-corrected chi connectivity index (χ1v) is 12.3. The fourth-order valence-corrected chi connectivity index (χ4v) is 4.29. The van der Waals surface area contributed by atoms with Crippen molar-refractivity contribution in [1.29, 1.82) is 0 Å². The number of imidazole rings is 1. The van der Waals surface area contributed by atoms with Gasteiger partial charge in [0.25, 0.3) is 0 Å². The van der Waals surface area contributed by atoms with Crippen LogP contribution in [0.1, 0.15) is 25.0 Å². The van der Waals surface area contributed by atoms with E-state index in [9.17, 15) is 0 Å². The van der Waals surface area contributed by atoms with Crippen molar-refractivity contribution in [3.63, 3.8) is 0 Å². The average Bonchev–Trinajstić information content (AvgIpc) is 3.17. The number of hydrogen-bond acceptors (Lipinski definition) is 5. The van der Waals surface area contributed by atoms with Gasteiger partial charge in [-0.3, -0.25) is 0 Å². The number of hydrazone groups is 1. The molecule has 0 saturated carbocycles. The van der Waals surface area contributed by atoms with Gasteiger partial charge in [-0.05, 0) is 77.3 Å². The normalized spacial score (nSPS) is 11.3. The van der Waals surface area contributed by atoms with Gasteiger partial charge in [-0.2, -0.15) is 5.10 Å². The standard InChI is InChI=1S/C25H24Br2N4O2/c1-3-31-22-8-6-5-7-21(22)29-25(31)30-28-15-18-13-20(27)24(23(14-18)32-4-2)33-16-17-9-11-19(26)12-10-17/h5-15H,3-4,16H2,1-2H3,(H,29,30)/b28-15-. The number of aromatic nitrogens is 2. The third-order valence-electron chi connectivity index (χ3n) is 4.98. The van der Waals surface area contributed by atoms with Crippen LogP contribution in [-0.2, 0) is 13.2 Å². The lowest BCUT2D eigenvalue weighted by Crippen LogP contribution is -2.03. The Morgan fingerprint density at radius 3 is 2.58 bits per heavy atom. The van der Waals surface area contributed by atoms with E-state index in [0.29, 0.717) is 30.7 Å². The summed E-state index contributed by atoms with van der Waals surface area (Å²) in [5.74, 6) is 2.03. The molecule has 1 heterocycles. The molecule has 170 valence electrons. The number of halogens is 2. The lowest BCUT2D eigenvalue weighted by atomic mass is 10.2. The second kappa shape index (κ2) is 10.9. The van der Waals surface area contributed by atoms with Crippen molar-refractivity contribution in [3.05, 3.63) is 80.7 Å². The number of nitrogens with zero attached hydrogens (tertiary/aromatic N) is 3. The summed E-state index contributed by atoms with van der Waals surface area (Å²) < 4.78 is 15.9. The molecular formula is C25H24Br2N4O2. The number of benzene rings is 3. The van der Waals surface area contributed by atoms with Gasteiger partial charge in [0.15, 0.2) is 11.5 Å². The van der Waals surface area contributed by atoms with Crippen LogP contribution in [0.5, 0.6) is 11.5 Å². The fourth-order valence-electron chi connectivity index (χ4n) is 3.45. The Bertz CT molecular complexity index is 1270. The maximum Gasteiger partial charge on any atom is 0.224 e. The molecule has 0 amide bonds. The van der Waals surface area contributed by atoms with Gasteiger partial charge in [0, 0.05) is 11.0 Å². The van der Waals surface area contributed by atoms with Crippen molar-refractivity contribution in [2.75, 3.05) is 12.0 Å². The molecular weight excluding hydrogens is 548 g/mol. The van der Waals surface area contributed by atoms with Crippen LogP contribution in [0, 0.1) is 0 Å². The molecule has 0 aliphatic carbocycles. The minimum atomic E-state index is 0.439.